The second-order valence-corrected chi connectivity index (χ2v) is 7.44. The normalized spacial score (nSPS) is 14.8. The van der Waals surface area contributed by atoms with Crippen molar-refractivity contribution in [1.29, 1.82) is 0 Å². The smallest absolute Gasteiger partial charge is 0.274 e. The van der Waals surface area contributed by atoms with E-state index >= 15 is 0 Å². The Labute approximate surface area is 172 Å². The molecule has 29 heavy (non-hydrogen) atoms. The number of piperidine rings is 1. The molecule has 156 valence electrons. The number of rotatable bonds is 8. The maximum Gasteiger partial charge on any atom is 0.274 e. The van der Waals surface area contributed by atoms with Gasteiger partial charge in [-0.15, -0.1) is 0 Å². The van der Waals surface area contributed by atoms with E-state index in [1.54, 1.807) is 17.9 Å². The van der Waals surface area contributed by atoms with E-state index in [-0.39, 0.29) is 11.8 Å². The molecular formula is C22H30N4O3. The zero-order valence-electron chi connectivity index (χ0n) is 17.3. The molecule has 1 N–H and O–H groups in total. The minimum absolute atomic E-state index is 0.0273. The van der Waals surface area contributed by atoms with Crippen molar-refractivity contribution in [2.45, 2.75) is 32.7 Å². The molecule has 1 aromatic carbocycles. The third kappa shape index (κ3) is 5.67. The topological polar surface area (TPSA) is 76.5 Å². The van der Waals surface area contributed by atoms with E-state index in [9.17, 15) is 9.59 Å². The SMILES string of the molecule is CCn1ccc(C(=O)N2CCC(Cc3ccc(C(=O)NCCOC)cc3)CC2)n1. The summed E-state index contributed by atoms with van der Waals surface area (Å²) in [5.74, 6) is 0.499. The molecule has 0 unspecified atom stereocenters. The number of methoxy groups -OCH3 is 1. The summed E-state index contributed by atoms with van der Waals surface area (Å²) in [6.07, 6.45) is 4.79. The Hall–Kier alpha value is -2.67. The van der Waals surface area contributed by atoms with Crippen molar-refractivity contribution >= 4 is 11.8 Å². The van der Waals surface area contributed by atoms with Crippen LogP contribution in [-0.2, 0) is 17.7 Å². The molecule has 1 aliphatic heterocycles. The average Bonchev–Trinajstić information content (AvgIpc) is 3.24. The Morgan fingerprint density at radius 2 is 1.90 bits per heavy atom. The molecule has 2 heterocycles. The van der Waals surface area contributed by atoms with Crippen molar-refractivity contribution < 1.29 is 14.3 Å². The van der Waals surface area contributed by atoms with Crippen LogP contribution in [0.25, 0.3) is 0 Å². The van der Waals surface area contributed by atoms with Gasteiger partial charge in [-0.25, -0.2) is 0 Å². The van der Waals surface area contributed by atoms with Crippen molar-refractivity contribution in [3.05, 3.63) is 53.3 Å². The Morgan fingerprint density at radius 1 is 1.17 bits per heavy atom. The summed E-state index contributed by atoms with van der Waals surface area (Å²) < 4.78 is 6.72. The summed E-state index contributed by atoms with van der Waals surface area (Å²) in [6.45, 7) is 5.32. The van der Waals surface area contributed by atoms with E-state index in [0.29, 0.717) is 30.3 Å². The third-order valence-corrected chi connectivity index (χ3v) is 5.42. The molecule has 0 aliphatic carbocycles. The second-order valence-electron chi connectivity index (χ2n) is 7.44. The molecule has 0 bridgehead atoms. The summed E-state index contributed by atoms with van der Waals surface area (Å²) in [5.41, 5.74) is 2.42. The fraction of sp³-hybridized carbons (Fsp3) is 0.500. The molecule has 7 nitrogen and oxygen atoms in total. The van der Waals surface area contributed by atoms with E-state index in [0.717, 1.165) is 38.9 Å². The second kappa shape index (κ2) is 10.2. The number of benzene rings is 1. The number of likely N-dealkylation sites (tertiary alicyclic amines) is 1. The number of ether oxygens (including phenoxy) is 1. The third-order valence-electron chi connectivity index (χ3n) is 5.42. The highest BCUT2D eigenvalue weighted by molar-refractivity contribution is 5.94. The van der Waals surface area contributed by atoms with Crippen LogP contribution in [0.5, 0.6) is 0 Å². The number of hydrogen-bond acceptors (Lipinski definition) is 4. The first-order valence-corrected chi connectivity index (χ1v) is 10.3. The quantitative estimate of drug-likeness (QED) is 0.693. The van der Waals surface area contributed by atoms with Crippen molar-refractivity contribution in [2.24, 2.45) is 5.92 Å². The zero-order valence-corrected chi connectivity index (χ0v) is 17.3. The van der Waals surface area contributed by atoms with Gasteiger partial charge in [0.15, 0.2) is 0 Å². The van der Waals surface area contributed by atoms with Gasteiger partial charge >= 0.3 is 0 Å². The largest absolute Gasteiger partial charge is 0.383 e. The summed E-state index contributed by atoms with van der Waals surface area (Å²) in [7, 11) is 1.61. The van der Waals surface area contributed by atoms with Gasteiger partial charge in [0.1, 0.15) is 5.69 Å². The van der Waals surface area contributed by atoms with Crippen molar-refractivity contribution in [3.8, 4) is 0 Å². The molecular weight excluding hydrogens is 368 g/mol. The molecule has 0 spiro atoms. The van der Waals surface area contributed by atoms with Crippen LogP contribution in [0.4, 0.5) is 0 Å². The van der Waals surface area contributed by atoms with E-state index in [4.69, 9.17) is 4.74 Å². The molecule has 0 radical (unpaired) electrons. The molecule has 0 saturated carbocycles. The molecule has 1 saturated heterocycles. The molecule has 1 aromatic heterocycles. The molecule has 7 heteroatoms. The maximum atomic E-state index is 12.6. The van der Waals surface area contributed by atoms with Gasteiger partial charge in [-0.2, -0.15) is 5.10 Å². The van der Waals surface area contributed by atoms with Crippen LogP contribution in [0.1, 0.15) is 46.2 Å². The first kappa shape index (κ1) is 21.0. The van der Waals surface area contributed by atoms with Gasteiger partial charge in [0.2, 0.25) is 0 Å². The Morgan fingerprint density at radius 3 is 2.52 bits per heavy atom. The number of aromatic nitrogens is 2. The zero-order chi connectivity index (χ0) is 20.6. The molecule has 2 amide bonds. The van der Waals surface area contributed by atoms with Crippen molar-refractivity contribution in [3.63, 3.8) is 0 Å². The Kier molecular flexibility index (Phi) is 7.41. The van der Waals surface area contributed by atoms with E-state index in [1.807, 2.05) is 42.3 Å². The fourth-order valence-electron chi connectivity index (χ4n) is 3.65. The van der Waals surface area contributed by atoms with Crippen LogP contribution >= 0.6 is 0 Å². The van der Waals surface area contributed by atoms with Crippen LogP contribution in [0.15, 0.2) is 36.5 Å². The predicted octanol–water partition coefficient (Wildman–Crippen LogP) is 2.37. The van der Waals surface area contributed by atoms with Gasteiger partial charge in [0.05, 0.1) is 6.61 Å². The number of aryl methyl sites for hydroxylation is 1. The highest BCUT2D eigenvalue weighted by Crippen LogP contribution is 2.23. The summed E-state index contributed by atoms with van der Waals surface area (Å²) in [6, 6.07) is 9.60. The minimum atomic E-state index is -0.0778. The Bertz CT molecular complexity index is 808. The van der Waals surface area contributed by atoms with E-state index < -0.39 is 0 Å². The maximum absolute atomic E-state index is 12.6. The highest BCUT2D eigenvalue weighted by Gasteiger charge is 2.25. The van der Waals surface area contributed by atoms with Crippen molar-refractivity contribution in [2.75, 3.05) is 33.4 Å². The molecule has 1 fully saturated rings. The van der Waals surface area contributed by atoms with Crippen LogP contribution in [0.2, 0.25) is 0 Å². The lowest BCUT2D eigenvalue weighted by atomic mass is 9.90. The summed E-state index contributed by atoms with van der Waals surface area (Å²) in [5, 5.41) is 7.15. The van der Waals surface area contributed by atoms with Gasteiger partial charge in [-0.05, 0) is 55.9 Å². The lowest BCUT2D eigenvalue weighted by Gasteiger charge is -2.31. The minimum Gasteiger partial charge on any atom is -0.383 e. The van der Waals surface area contributed by atoms with E-state index in [2.05, 4.69) is 10.4 Å². The van der Waals surface area contributed by atoms with Crippen LogP contribution in [0, 0.1) is 5.92 Å². The van der Waals surface area contributed by atoms with Crippen LogP contribution in [-0.4, -0.2) is 59.8 Å². The lowest BCUT2D eigenvalue weighted by Crippen LogP contribution is -2.39. The highest BCUT2D eigenvalue weighted by atomic mass is 16.5. The number of amides is 2. The standard InChI is InChI=1S/C22H30N4O3/c1-3-26-14-10-20(24-26)22(28)25-12-8-18(9-13-25)16-17-4-6-19(7-5-17)21(27)23-11-15-29-2/h4-7,10,14,18H,3,8-9,11-13,15-16H2,1-2H3,(H,23,27). The number of carbonyl (C=O) groups is 2. The predicted molar refractivity (Wildman–Crippen MR) is 111 cm³/mol. The number of nitrogens with one attached hydrogen (secondary N) is 1. The Balaban J connectivity index is 1.46. The number of hydrogen-bond donors (Lipinski definition) is 1. The lowest BCUT2D eigenvalue weighted by molar-refractivity contribution is 0.0683. The van der Waals surface area contributed by atoms with Gasteiger partial charge in [-0.1, -0.05) is 12.1 Å². The van der Waals surface area contributed by atoms with Gasteiger partial charge in [-0.3, -0.25) is 14.3 Å². The molecule has 0 atom stereocenters. The van der Waals surface area contributed by atoms with Crippen molar-refractivity contribution in [1.82, 2.24) is 20.0 Å². The monoisotopic (exact) mass is 398 g/mol. The average molecular weight is 399 g/mol. The van der Waals surface area contributed by atoms with Crippen LogP contribution < -0.4 is 5.32 Å². The molecule has 1 aliphatic rings. The fourth-order valence-corrected chi connectivity index (χ4v) is 3.65. The first-order valence-electron chi connectivity index (χ1n) is 10.3. The molecule has 2 aromatic rings. The van der Waals surface area contributed by atoms with E-state index in [1.165, 1.54) is 5.56 Å². The number of carbonyl (C=O) groups excluding carboxylic acids is 2. The van der Waals surface area contributed by atoms with Gasteiger partial charge in [0.25, 0.3) is 11.8 Å². The van der Waals surface area contributed by atoms with Crippen LogP contribution in [0.3, 0.4) is 0 Å². The first-order chi connectivity index (χ1) is 14.1. The summed E-state index contributed by atoms with van der Waals surface area (Å²) in [4.78, 5) is 26.6. The number of nitrogens with zero attached hydrogens (tertiary/aromatic N) is 3. The van der Waals surface area contributed by atoms with Gasteiger partial charge in [0, 0.05) is 45.0 Å². The molecule has 3 rings (SSSR count). The van der Waals surface area contributed by atoms with Gasteiger partial charge < -0.3 is 15.0 Å². The summed E-state index contributed by atoms with van der Waals surface area (Å²) >= 11 is 0.